The van der Waals surface area contributed by atoms with E-state index in [0.29, 0.717) is 25.2 Å². The van der Waals surface area contributed by atoms with E-state index >= 15 is 0 Å². The van der Waals surface area contributed by atoms with Crippen molar-refractivity contribution < 1.29 is 14.3 Å². The Balaban J connectivity index is 1.29. The summed E-state index contributed by atoms with van der Waals surface area (Å²) in [6.45, 7) is 3.74. The van der Waals surface area contributed by atoms with Gasteiger partial charge in [0.25, 0.3) is 5.91 Å². The molecule has 1 aromatic heterocycles. The van der Waals surface area contributed by atoms with E-state index in [1.165, 1.54) is 23.3 Å². The molecule has 3 aliphatic rings. The molecule has 1 aliphatic carbocycles. The molecule has 2 aromatic carbocycles. The highest BCUT2D eigenvalue weighted by Crippen LogP contribution is 2.38. The summed E-state index contributed by atoms with van der Waals surface area (Å²) in [4.78, 5) is 19.1. The van der Waals surface area contributed by atoms with E-state index in [1.54, 1.807) is 12.4 Å². The molecule has 6 rings (SSSR count). The van der Waals surface area contributed by atoms with Crippen LogP contribution in [0.2, 0.25) is 0 Å². The van der Waals surface area contributed by atoms with Gasteiger partial charge in [-0.1, -0.05) is 24.6 Å². The minimum Gasteiger partial charge on any atom is -0.505 e. The van der Waals surface area contributed by atoms with Gasteiger partial charge in [-0.3, -0.25) is 14.9 Å². The van der Waals surface area contributed by atoms with Crippen LogP contribution >= 0.6 is 0 Å². The average Bonchev–Trinajstić information content (AvgIpc) is 3.37. The lowest BCUT2D eigenvalue weighted by atomic mass is 9.86. The summed E-state index contributed by atoms with van der Waals surface area (Å²) in [7, 11) is 0. The summed E-state index contributed by atoms with van der Waals surface area (Å²) in [5.74, 6) is -0.970. The third kappa shape index (κ3) is 4.22. The zero-order valence-corrected chi connectivity index (χ0v) is 20.6. The van der Waals surface area contributed by atoms with E-state index in [9.17, 15) is 14.3 Å². The normalized spacial score (nSPS) is 17.4. The molecule has 1 amide bonds. The number of aromatic amines is 1. The first-order chi connectivity index (χ1) is 18.0. The van der Waals surface area contributed by atoms with Gasteiger partial charge in [-0.05, 0) is 77.8 Å². The van der Waals surface area contributed by atoms with Crippen molar-refractivity contribution in [3.8, 4) is 16.9 Å². The van der Waals surface area contributed by atoms with Crippen LogP contribution in [0.3, 0.4) is 0 Å². The highest BCUT2D eigenvalue weighted by atomic mass is 19.1. The Morgan fingerprint density at radius 3 is 2.89 bits per heavy atom. The van der Waals surface area contributed by atoms with Crippen molar-refractivity contribution in [2.45, 2.75) is 32.6 Å². The van der Waals surface area contributed by atoms with Gasteiger partial charge >= 0.3 is 0 Å². The molecule has 0 unspecified atom stereocenters. The molecule has 37 heavy (non-hydrogen) atoms. The Morgan fingerprint density at radius 2 is 2.08 bits per heavy atom. The van der Waals surface area contributed by atoms with Gasteiger partial charge in [-0.2, -0.15) is 5.10 Å². The molecule has 3 aromatic rings. The Labute approximate surface area is 214 Å². The Bertz CT molecular complexity index is 1550. The maximum atomic E-state index is 14.1. The van der Waals surface area contributed by atoms with Crippen LogP contribution in [0.4, 0.5) is 4.39 Å². The second kappa shape index (κ2) is 9.35. The van der Waals surface area contributed by atoms with Crippen molar-refractivity contribution >= 4 is 28.1 Å². The van der Waals surface area contributed by atoms with Gasteiger partial charge in [0.2, 0.25) is 0 Å². The number of aromatic nitrogens is 2. The van der Waals surface area contributed by atoms with Crippen molar-refractivity contribution in [1.82, 2.24) is 20.4 Å². The average molecular weight is 498 g/mol. The lowest BCUT2D eigenvalue weighted by molar-refractivity contribution is -0.124. The number of nitrogens with one attached hydrogen (secondary N) is 2. The Kier molecular flexibility index (Phi) is 5.87. The number of benzene rings is 2. The molecule has 0 radical (unpaired) electrons. The summed E-state index contributed by atoms with van der Waals surface area (Å²) >= 11 is 0. The van der Waals surface area contributed by atoms with Crippen LogP contribution in [0.25, 0.3) is 27.6 Å². The van der Waals surface area contributed by atoms with E-state index < -0.39 is 5.82 Å². The number of nitrogens with zero attached hydrogens (tertiary/aromatic N) is 3. The molecule has 7 nitrogen and oxygen atoms in total. The molecule has 0 fully saturated rings. The van der Waals surface area contributed by atoms with Crippen molar-refractivity contribution in [2.24, 2.45) is 4.99 Å². The van der Waals surface area contributed by atoms with Gasteiger partial charge in [-0.15, -0.1) is 0 Å². The fraction of sp³-hybridized carbons (Fsp3) is 0.276. The van der Waals surface area contributed by atoms with E-state index in [2.05, 4.69) is 26.6 Å². The highest BCUT2D eigenvalue weighted by Gasteiger charge is 2.28. The first-order valence-electron chi connectivity index (χ1n) is 12.7. The lowest BCUT2D eigenvalue weighted by Gasteiger charge is -2.33. The quantitative estimate of drug-likeness (QED) is 0.480. The number of phenols is 1. The third-order valence-corrected chi connectivity index (χ3v) is 7.50. The van der Waals surface area contributed by atoms with Gasteiger partial charge in [0.15, 0.2) is 11.6 Å². The number of aliphatic imine (C=N–C) groups is 1. The number of rotatable bonds is 4. The number of aromatic hydroxyl groups is 1. The summed E-state index contributed by atoms with van der Waals surface area (Å²) in [6, 6.07) is 8.88. The van der Waals surface area contributed by atoms with Gasteiger partial charge in [0, 0.05) is 30.9 Å². The minimum atomic E-state index is -0.627. The molecule has 2 aliphatic heterocycles. The van der Waals surface area contributed by atoms with Gasteiger partial charge in [0.05, 0.1) is 17.8 Å². The second-order valence-electron chi connectivity index (χ2n) is 9.69. The van der Waals surface area contributed by atoms with Crippen molar-refractivity contribution in [3.63, 3.8) is 0 Å². The van der Waals surface area contributed by atoms with Crippen molar-refractivity contribution in [2.75, 3.05) is 19.6 Å². The number of phenolic OH excluding ortho intramolecular Hbond substituents is 1. The first-order valence-corrected chi connectivity index (χ1v) is 12.7. The standard InChI is InChI=1S/C29H28FN5O2/c1-2-17-13-27(36)24(30)14-23(17)19-5-6-22-25(12-19)33-34-28(22)20-4-3-18-7-10-35(16-21(18)11-20)29(37)26-15-31-8-9-32-26/h5-6,8-9,11-14,31,36H,2-4,7,10,15-16H2,1H3,(H,33,34). The van der Waals surface area contributed by atoms with Crippen LogP contribution in [0.5, 0.6) is 5.75 Å². The molecular weight excluding hydrogens is 469 g/mol. The maximum Gasteiger partial charge on any atom is 0.270 e. The van der Waals surface area contributed by atoms with Crippen LogP contribution in [0, 0.1) is 5.82 Å². The Hall–Kier alpha value is -4.20. The summed E-state index contributed by atoms with van der Waals surface area (Å²) in [5, 5.41) is 21.7. The highest BCUT2D eigenvalue weighted by molar-refractivity contribution is 6.40. The smallest absolute Gasteiger partial charge is 0.270 e. The number of hydrogen-bond acceptors (Lipinski definition) is 5. The number of fused-ring (bicyclic) bond motifs is 1. The molecule has 0 saturated carbocycles. The topological polar surface area (TPSA) is 93.6 Å². The van der Waals surface area contributed by atoms with Crippen LogP contribution in [-0.2, 0) is 11.2 Å². The molecule has 8 heteroatoms. The predicted molar refractivity (Wildman–Crippen MR) is 143 cm³/mol. The molecule has 0 atom stereocenters. The minimum absolute atomic E-state index is 0.0150. The SMILES string of the molecule is CCc1cc(O)c(F)cc1-c1ccc2c(C3=CC4=C(CC3)CCN(C(=O)C3=NC=CNC3)C4)n[nH]c2c1. The fourth-order valence-corrected chi connectivity index (χ4v) is 5.48. The zero-order chi connectivity index (χ0) is 25.5. The van der Waals surface area contributed by atoms with Crippen molar-refractivity contribution in [1.29, 1.82) is 0 Å². The molecule has 0 bridgehead atoms. The van der Waals surface area contributed by atoms with Crippen molar-refractivity contribution in [3.05, 3.63) is 77.0 Å². The number of amides is 1. The van der Waals surface area contributed by atoms with E-state index in [0.717, 1.165) is 64.7 Å². The number of allylic oxidation sites excluding steroid dienone is 1. The number of aryl methyl sites for hydroxylation is 1. The third-order valence-electron chi connectivity index (χ3n) is 7.50. The van der Waals surface area contributed by atoms with Gasteiger partial charge in [-0.25, -0.2) is 4.39 Å². The van der Waals surface area contributed by atoms with Crippen LogP contribution in [-0.4, -0.2) is 51.5 Å². The first kappa shape index (κ1) is 23.2. The van der Waals surface area contributed by atoms with Gasteiger partial charge < -0.3 is 15.3 Å². The fourth-order valence-electron chi connectivity index (χ4n) is 5.48. The molecule has 3 heterocycles. The lowest BCUT2D eigenvalue weighted by Crippen LogP contribution is -2.44. The zero-order valence-electron chi connectivity index (χ0n) is 20.6. The number of carbonyl (C=O) groups excluding carboxylic acids is 1. The number of halogens is 1. The molecule has 3 N–H and O–H groups in total. The van der Waals surface area contributed by atoms with Crippen LogP contribution in [0.1, 0.15) is 37.4 Å². The summed E-state index contributed by atoms with van der Waals surface area (Å²) in [6.07, 6.45) is 9.00. The number of hydrogen-bond donors (Lipinski definition) is 3. The maximum absolute atomic E-state index is 14.1. The van der Waals surface area contributed by atoms with E-state index in [1.807, 2.05) is 30.0 Å². The predicted octanol–water partition coefficient (Wildman–Crippen LogP) is 4.86. The number of carbonyl (C=O) groups is 1. The van der Waals surface area contributed by atoms with E-state index in [-0.39, 0.29) is 11.7 Å². The second-order valence-corrected chi connectivity index (χ2v) is 9.69. The summed E-state index contributed by atoms with van der Waals surface area (Å²) < 4.78 is 14.1. The monoisotopic (exact) mass is 497 g/mol. The number of H-pyrrole nitrogens is 1. The van der Waals surface area contributed by atoms with Gasteiger partial charge in [0.1, 0.15) is 5.71 Å². The molecular formula is C29H28FN5O2. The molecule has 0 spiro atoms. The largest absolute Gasteiger partial charge is 0.505 e. The molecule has 0 saturated heterocycles. The summed E-state index contributed by atoms with van der Waals surface area (Å²) in [5.41, 5.74) is 8.61. The Morgan fingerprint density at radius 1 is 1.19 bits per heavy atom. The van der Waals surface area contributed by atoms with Crippen LogP contribution < -0.4 is 5.32 Å². The van der Waals surface area contributed by atoms with Crippen LogP contribution in [0.15, 0.2) is 64.9 Å². The van der Waals surface area contributed by atoms with E-state index in [4.69, 9.17) is 0 Å². The molecule has 188 valence electrons.